The molecule has 1 rings (SSSR count). The van der Waals surface area contributed by atoms with Crippen LogP contribution in [0.25, 0.3) is 0 Å². The second-order valence-corrected chi connectivity index (χ2v) is 5.21. The molecule has 1 aromatic carbocycles. The molecule has 7 nitrogen and oxygen atoms in total. The number of alkyl halides is 3. The average Bonchev–Trinajstić information content (AvgIpc) is 2.50. The van der Waals surface area contributed by atoms with E-state index in [0.717, 1.165) is 0 Å². The van der Waals surface area contributed by atoms with E-state index >= 15 is 0 Å². The highest BCUT2D eigenvalue weighted by atomic mass is 19.4. The fourth-order valence-electron chi connectivity index (χ4n) is 1.79. The molecule has 25 heavy (non-hydrogen) atoms. The number of urea groups is 1. The Hall–Kier alpha value is -2.78. The minimum atomic E-state index is -4.52. The second kappa shape index (κ2) is 8.90. The van der Waals surface area contributed by atoms with Crippen LogP contribution in [0.15, 0.2) is 18.2 Å². The van der Waals surface area contributed by atoms with Crippen LogP contribution in [0.2, 0.25) is 0 Å². The molecular formula is C15H18F3N3O4. The monoisotopic (exact) mass is 361 g/mol. The number of aliphatic carboxylic acids is 1. The Labute approximate surface area is 141 Å². The van der Waals surface area contributed by atoms with Crippen molar-refractivity contribution in [3.05, 3.63) is 29.3 Å². The molecule has 0 saturated heterocycles. The molecule has 0 fully saturated rings. The lowest BCUT2D eigenvalue weighted by molar-refractivity contribution is -0.137. The molecule has 0 saturated carbocycles. The maximum Gasteiger partial charge on any atom is 0.405 e. The average molecular weight is 361 g/mol. The van der Waals surface area contributed by atoms with Gasteiger partial charge < -0.3 is 21.1 Å². The van der Waals surface area contributed by atoms with Crippen molar-refractivity contribution in [1.29, 1.82) is 0 Å². The zero-order chi connectivity index (χ0) is 19.0. The van der Waals surface area contributed by atoms with E-state index in [4.69, 9.17) is 5.11 Å². The Bertz CT molecular complexity index is 647. The number of carboxylic acid groups (broad SMARTS) is 1. The third-order valence-corrected chi connectivity index (χ3v) is 3.05. The van der Waals surface area contributed by atoms with E-state index in [2.05, 4.69) is 10.6 Å². The topological polar surface area (TPSA) is 108 Å². The highest BCUT2D eigenvalue weighted by Gasteiger charge is 2.28. The number of hydrogen-bond acceptors (Lipinski definition) is 3. The van der Waals surface area contributed by atoms with E-state index in [1.54, 1.807) is 12.2 Å². The molecule has 0 aliphatic rings. The molecule has 0 bridgehead atoms. The zero-order valence-corrected chi connectivity index (χ0v) is 13.4. The quantitative estimate of drug-likeness (QED) is 0.559. The molecule has 138 valence electrons. The summed E-state index contributed by atoms with van der Waals surface area (Å²) < 4.78 is 36.4. The van der Waals surface area contributed by atoms with Gasteiger partial charge in [-0.3, -0.25) is 9.59 Å². The first-order valence-electron chi connectivity index (χ1n) is 7.31. The lowest BCUT2D eigenvalue weighted by atomic mass is 10.1. The number of carboxylic acids is 1. The van der Waals surface area contributed by atoms with Gasteiger partial charge in [-0.15, -0.1) is 0 Å². The van der Waals surface area contributed by atoms with E-state index in [1.807, 2.05) is 0 Å². The normalized spacial score (nSPS) is 10.9. The summed E-state index contributed by atoms with van der Waals surface area (Å²) in [6.45, 7) is 0.340. The fourth-order valence-corrected chi connectivity index (χ4v) is 1.79. The van der Waals surface area contributed by atoms with Crippen LogP contribution in [0.5, 0.6) is 0 Å². The van der Waals surface area contributed by atoms with Crippen molar-refractivity contribution >= 4 is 23.6 Å². The van der Waals surface area contributed by atoms with Crippen LogP contribution in [0, 0.1) is 6.92 Å². The predicted molar refractivity (Wildman–Crippen MR) is 83.5 cm³/mol. The third-order valence-electron chi connectivity index (χ3n) is 3.05. The van der Waals surface area contributed by atoms with Gasteiger partial charge in [0.2, 0.25) is 0 Å². The Balaban J connectivity index is 2.63. The summed E-state index contributed by atoms with van der Waals surface area (Å²) in [5.41, 5.74) is 0.833. The van der Waals surface area contributed by atoms with Gasteiger partial charge in [-0.25, -0.2) is 4.79 Å². The van der Waals surface area contributed by atoms with E-state index in [-0.39, 0.29) is 30.6 Å². The van der Waals surface area contributed by atoms with Crippen molar-refractivity contribution in [2.45, 2.75) is 25.9 Å². The number of halogens is 3. The maximum atomic E-state index is 12.1. The highest BCUT2D eigenvalue weighted by Crippen LogP contribution is 2.18. The number of carbonyl (C=O) groups is 3. The van der Waals surface area contributed by atoms with Gasteiger partial charge >= 0.3 is 18.2 Å². The van der Waals surface area contributed by atoms with Gasteiger partial charge in [0.25, 0.3) is 5.91 Å². The molecule has 1 aromatic rings. The number of hydrogen-bond donors (Lipinski definition) is 4. The van der Waals surface area contributed by atoms with E-state index < -0.39 is 30.6 Å². The molecule has 0 aliphatic heterocycles. The van der Waals surface area contributed by atoms with E-state index in [0.29, 0.717) is 5.56 Å². The van der Waals surface area contributed by atoms with Crippen LogP contribution >= 0.6 is 0 Å². The number of benzene rings is 1. The summed E-state index contributed by atoms with van der Waals surface area (Å²) in [6.07, 6.45) is -4.35. The van der Waals surface area contributed by atoms with Crippen molar-refractivity contribution in [2.24, 2.45) is 0 Å². The molecule has 0 atom stereocenters. The molecule has 10 heteroatoms. The first-order valence-corrected chi connectivity index (χ1v) is 7.31. The van der Waals surface area contributed by atoms with Crippen LogP contribution < -0.4 is 16.0 Å². The second-order valence-electron chi connectivity index (χ2n) is 5.21. The van der Waals surface area contributed by atoms with Gasteiger partial charge in [-0.2, -0.15) is 13.2 Å². The van der Waals surface area contributed by atoms with Gasteiger partial charge in [0.15, 0.2) is 0 Å². The Morgan fingerprint density at radius 1 is 1.16 bits per heavy atom. The standard InChI is InChI=1S/C15H18F3N3O4/c1-9-4-5-10(13(24)20-8-15(16,17)18)7-11(9)21-14(25)19-6-2-3-12(22)23/h4-5,7H,2-3,6,8H2,1H3,(H,20,24)(H,22,23)(H2,19,21,25). The summed E-state index contributed by atoms with van der Waals surface area (Å²) in [6, 6.07) is 3.48. The number of rotatable bonds is 7. The number of anilines is 1. The Morgan fingerprint density at radius 3 is 2.44 bits per heavy atom. The summed E-state index contributed by atoms with van der Waals surface area (Å²) >= 11 is 0. The highest BCUT2D eigenvalue weighted by molar-refractivity contribution is 5.97. The molecule has 0 unspecified atom stereocenters. The number of aryl methyl sites for hydroxylation is 1. The summed E-state index contributed by atoms with van der Waals surface area (Å²) in [4.78, 5) is 33.8. The van der Waals surface area contributed by atoms with Crippen molar-refractivity contribution in [3.8, 4) is 0 Å². The van der Waals surface area contributed by atoms with Crippen LogP contribution in [0.4, 0.5) is 23.7 Å². The number of nitrogens with one attached hydrogen (secondary N) is 3. The van der Waals surface area contributed by atoms with Crippen molar-refractivity contribution < 1.29 is 32.7 Å². The zero-order valence-electron chi connectivity index (χ0n) is 13.4. The lowest BCUT2D eigenvalue weighted by Crippen LogP contribution is -2.34. The summed E-state index contributed by atoms with van der Waals surface area (Å²) in [7, 11) is 0. The first-order chi connectivity index (χ1) is 11.6. The minimum absolute atomic E-state index is 0.0315. The molecule has 0 spiro atoms. The van der Waals surface area contributed by atoms with Crippen LogP contribution in [-0.4, -0.2) is 42.3 Å². The molecule has 0 aromatic heterocycles. The number of amides is 3. The van der Waals surface area contributed by atoms with Crippen LogP contribution in [-0.2, 0) is 4.79 Å². The third kappa shape index (κ3) is 8.04. The minimum Gasteiger partial charge on any atom is -0.481 e. The molecule has 0 heterocycles. The summed E-state index contributed by atoms with van der Waals surface area (Å²) in [5.74, 6) is -1.89. The van der Waals surface area contributed by atoms with E-state index in [9.17, 15) is 27.6 Å². The van der Waals surface area contributed by atoms with Crippen LogP contribution in [0.1, 0.15) is 28.8 Å². The largest absolute Gasteiger partial charge is 0.481 e. The van der Waals surface area contributed by atoms with Gasteiger partial charge in [-0.1, -0.05) is 6.07 Å². The Morgan fingerprint density at radius 2 is 1.84 bits per heavy atom. The van der Waals surface area contributed by atoms with Crippen LogP contribution in [0.3, 0.4) is 0 Å². The smallest absolute Gasteiger partial charge is 0.405 e. The van der Waals surface area contributed by atoms with E-state index in [1.165, 1.54) is 18.2 Å². The SMILES string of the molecule is Cc1ccc(C(=O)NCC(F)(F)F)cc1NC(=O)NCCCC(=O)O. The number of carbonyl (C=O) groups excluding carboxylic acids is 2. The molecule has 3 amide bonds. The predicted octanol–water partition coefficient (Wildman–Crippen LogP) is 2.27. The van der Waals surface area contributed by atoms with Gasteiger partial charge in [0.1, 0.15) is 6.54 Å². The first kappa shape index (κ1) is 20.3. The molecule has 0 radical (unpaired) electrons. The van der Waals surface area contributed by atoms with Crippen molar-refractivity contribution in [3.63, 3.8) is 0 Å². The lowest BCUT2D eigenvalue weighted by Gasteiger charge is -2.12. The maximum absolute atomic E-state index is 12.1. The molecule has 4 N–H and O–H groups in total. The van der Waals surface area contributed by atoms with Gasteiger partial charge in [0, 0.05) is 24.2 Å². The molecular weight excluding hydrogens is 343 g/mol. The van der Waals surface area contributed by atoms with Crippen molar-refractivity contribution in [1.82, 2.24) is 10.6 Å². The van der Waals surface area contributed by atoms with Gasteiger partial charge in [0.05, 0.1) is 0 Å². The summed E-state index contributed by atoms with van der Waals surface area (Å²) in [5, 5.41) is 15.1. The fraction of sp³-hybridized carbons (Fsp3) is 0.400. The Kier molecular flexibility index (Phi) is 7.22. The molecule has 0 aliphatic carbocycles. The van der Waals surface area contributed by atoms with Gasteiger partial charge in [-0.05, 0) is 31.0 Å². The van der Waals surface area contributed by atoms with Crippen molar-refractivity contribution in [2.75, 3.05) is 18.4 Å².